The van der Waals surface area contributed by atoms with Gasteiger partial charge in [-0.15, -0.1) is 11.8 Å². The lowest BCUT2D eigenvalue weighted by Crippen LogP contribution is -2.18. The van der Waals surface area contributed by atoms with Gasteiger partial charge in [0.25, 0.3) is 0 Å². The zero-order valence-corrected chi connectivity index (χ0v) is 13.6. The minimum absolute atomic E-state index is 0.128. The lowest BCUT2D eigenvalue weighted by atomic mass is 10.1. The first-order valence-corrected chi connectivity index (χ1v) is 8.20. The fourth-order valence-electron chi connectivity index (χ4n) is 1.94. The molecule has 0 aliphatic rings. The van der Waals surface area contributed by atoms with E-state index >= 15 is 0 Å². The molecule has 0 aliphatic carbocycles. The summed E-state index contributed by atoms with van der Waals surface area (Å²) in [4.78, 5) is 1.24. The van der Waals surface area contributed by atoms with Crippen molar-refractivity contribution in [1.82, 2.24) is 0 Å². The Hall–Kier alpha value is -0.670. The van der Waals surface area contributed by atoms with Gasteiger partial charge in [-0.2, -0.15) is 0 Å². The molecule has 0 aromatic heterocycles. The van der Waals surface area contributed by atoms with Gasteiger partial charge in [0.05, 0.1) is 0 Å². The maximum Gasteiger partial charge on any atom is 0.0409 e. The summed E-state index contributed by atoms with van der Waals surface area (Å²) in [5.41, 5.74) is 8.37. The van der Waals surface area contributed by atoms with Crippen molar-refractivity contribution in [2.75, 3.05) is 0 Å². The largest absolute Gasteiger partial charge is 0.328 e. The van der Waals surface area contributed by atoms with Crippen LogP contribution in [0.25, 0.3) is 0 Å². The first-order chi connectivity index (χ1) is 9.54. The maximum atomic E-state index is 6.07. The molecule has 2 aromatic rings. The van der Waals surface area contributed by atoms with Crippen molar-refractivity contribution in [2.45, 2.75) is 30.0 Å². The second kappa shape index (κ2) is 7.37. The van der Waals surface area contributed by atoms with Crippen molar-refractivity contribution in [3.8, 4) is 0 Å². The van der Waals surface area contributed by atoms with Crippen molar-refractivity contribution < 1.29 is 0 Å². The van der Waals surface area contributed by atoms with E-state index in [0.717, 1.165) is 22.2 Å². The number of hydrogen-bond donors (Lipinski definition) is 1. The molecule has 0 amide bonds. The number of hydrogen-bond acceptors (Lipinski definition) is 2. The van der Waals surface area contributed by atoms with Crippen LogP contribution in [0.3, 0.4) is 0 Å². The molecule has 0 aliphatic heterocycles. The topological polar surface area (TPSA) is 26.0 Å². The highest BCUT2D eigenvalue weighted by molar-refractivity contribution is 7.98. The second-order valence-electron chi connectivity index (χ2n) is 4.85. The molecule has 106 valence electrons. The lowest BCUT2D eigenvalue weighted by molar-refractivity contribution is 0.729. The van der Waals surface area contributed by atoms with Crippen molar-refractivity contribution in [3.63, 3.8) is 0 Å². The van der Waals surface area contributed by atoms with Crippen molar-refractivity contribution in [2.24, 2.45) is 5.73 Å². The molecule has 1 atom stereocenters. The highest BCUT2D eigenvalue weighted by atomic mass is 35.5. The Balaban J connectivity index is 2.10. The van der Waals surface area contributed by atoms with Crippen LogP contribution in [0, 0.1) is 0 Å². The zero-order valence-electron chi connectivity index (χ0n) is 11.3. The fourth-order valence-corrected chi connectivity index (χ4v) is 3.26. The van der Waals surface area contributed by atoms with Gasteiger partial charge in [-0.05, 0) is 54.8 Å². The summed E-state index contributed by atoms with van der Waals surface area (Å²) in [7, 11) is 0. The van der Waals surface area contributed by atoms with Gasteiger partial charge in [0.2, 0.25) is 0 Å². The Kier molecular flexibility index (Phi) is 5.79. The second-order valence-corrected chi connectivity index (χ2v) is 6.74. The van der Waals surface area contributed by atoms with E-state index in [4.69, 9.17) is 28.9 Å². The van der Waals surface area contributed by atoms with E-state index in [-0.39, 0.29) is 6.04 Å². The third-order valence-electron chi connectivity index (χ3n) is 2.87. The highest BCUT2D eigenvalue weighted by Crippen LogP contribution is 2.29. The van der Waals surface area contributed by atoms with Crippen LogP contribution in [-0.4, -0.2) is 6.04 Å². The predicted octanol–water partition coefficient (Wildman–Crippen LogP) is 5.18. The zero-order chi connectivity index (χ0) is 14.5. The van der Waals surface area contributed by atoms with Gasteiger partial charge in [0.15, 0.2) is 0 Å². The van der Waals surface area contributed by atoms with Crippen LogP contribution < -0.4 is 5.73 Å². The van der Waals surface area contributed by atoms with Crippen LogP contribution >= 0.6 is 35.0 Å². The average molecular weight is 326 g/mol. The normalized spacial score (nSPS) is 12.4. The summed E-state index contributed by atoms with van der Waals surface area (Å²) < 4.78 is 0. The van der Waals surface area contributed by atoms with E-state index in [1.54, 1.807) is 11.8 Å². The summed E-state index contributed by atoms with van der Waals surface area (Å²) in [5, 5.41) is 1.53. The van der Waals surface area contributed by atoms with Crippen molar-refractivity contribution in [3.05, 3.63) is 63.6 Å². The van der Waals surface area contributed by atoms with Gasteiger partial charge in [-0.3, -0.25) is 0 Å². The SMILES string of the molecule is CC(N)Cc1cc(Cl)ccc1SCc1ccc(Cl)cc1. The van der Waals surface area contributed by atoms with Crippen LogP contribution in [0.4, 0.5) is 0 Å². The predicted molar refractivity (Wildman–Crippen MR) is 89.8 cm³/mol. The van der Waals surface area contributed by atoms with Gasteiger partial charge >= 0.3 is 0 Å². The molecule has 2 N–H and O–H groups in total. The van der Waals surface area contributed by atoms with E-state index in [0.29, 0.717) is 0 Å². The smallest absolute Gasteiger partial charge is 0.0409 e. The number of thioether (sulfide) groups is 1. The Bertz CT molecular complexity index is 567. The van der Waals surface area contributed by atoms with Gasteiger partial charge < -0.3 is 5.73 Å². The maximum absolute atomic E-state index is 6.07. The highest BCUT2D eigenvalue weighted by Gasteiger charge is 2.07. The number of benzene rings is 2. The van der Waals surface area contributed by atoms with Crippen LogP contribution in [0.2, 0.25) is 10.0 Å². The molecule has 0 spiro atoms. The molecule has 1 unspecified atom stereocenters. The van der Waals surface area contributed by atoms with Gasteiger partial charge in [-0.1, -0.05) is 35.3 Å². The lowest BCUT2D eigenvalue weighted by Gasteiger charge is -2.12. The van der Waals surface area contributed by atoms with Crippen molar-refractivity contribution >= 4 is 35.0 Å². The van der Waals surface area contributed by atoms with Gasteiger partial charge in [0.1, 0.15) is 0 Å². The van der Waals surface area contributed by atoms with Crippen LogP contribution in [0.1, 0.15) is 18.1 Å². The third-order valence-corrected chi connectivity index (χ3v) is 4.55. The third kappa shape index (κ3) is 4.71. The van der Waals surface area contributed by atoms with E-state index in [2.05, 4.69) is 18.2 Å². The number of rotatable bonds is 5. The van der Waals surface area contributed by atoms with Crippen LogP contribution in [0.15, 0.2) is 47.4 Å². The van der Waals surface area contributed by atoms with E-state index in [9.17, 15) is 0 Å². The van der Waals surface area contributed by atoms with Crippen LogP contribution in [-0.2, 0) is 12.2 Å². The van der Waals surface area contributed by atoms with Crippen LogP contribution in [0.5, 0.6) is 0 Å². The molecule has 20 heavy (non-hydrogen) atoms. The molecule has 0 fully saturated rings. The first-order valence-electron chi connectivity index (χ1n) is 6.46. The molecule has 0 radical (unpaired) electrons. The van der Waals surface area contributed by atoms with E-state index in [1.807, 2.05) is 31.2 Å². The molecule has 0 bridgehead atoms. The molecule has 4 heteroatoms. The first kappa shape index (κ1) is 15.7. The Labute approximate surface area is 134 Å². The Morgan fingerprint density at radius 1 is 1.05 bits per heavy atom. The Morgan fingerprint density at radius 3 is 2.35 bits per heavy atom. The van der Waals surface area contributed by atoms with E-state index in [1.165, 1.54) is 16.0 Å². The molecular weight excluding hydrogens is 309 g/mol. The molecular formula is C16H17Cl2NS. The summed E-state index contributed by atoms with van der Waals surface area (Å²) in [6, 6.07) is 14.1. The summed E-state index contributed by atoms with van der Waals surface area (Å²) in [6.07, 6.45) is 0.837. The fraction of sp³-hybridized carbons (Fsp3) is 0.250. The summed E-state index contributed by atoms with van der Waals surface area (Å²) >= 11 is 13.8. The number of nitrogens with two attached hydrogens (primary N) is 1. The molecule has 0 heterocycles. The number of halogens is 2. The summed E-state index contributed by atoms with van der Waals surface area (Å²) in [5.74, 6) is 0.907. The minimum Gasteiger partial charge on any atom is -0.328 e. The van der Waals surface area contributed by atoms with Gasteiger partial charge in [-0.25, -0.2) is 0 Å². The molecule has 1 nitrogen and oxygen atoms in total. The van der Waals surface area contributed by atoms with E-state index < -0.39 is 0 Å². The molecule has 2 aromatic carbocycles. The quantitative estimate of drug-likeness (QED) is 0.767. The van der Waals surface area contributed by atoms with Gasteiger partial charge in [0, 0.05) is 26.7 Å². The Morgan fingerprint density at radius 2 is 1.70 bits per heavy atom. The molecule has 0 saturated carbocycles. The standard InChI is InChI=1S/C16H17Cl2NS/c1-11(19)8-13-9-15(18)6-7-16(13)20-10-12-2-4-14(17)5-3-12/h2-7,9,11H,8,10,19H2,1H3. The monoisotopic (exact) mass is 325 g/mol. The van der Waals surface area contributed by atoms with Crippen molar-refractivity contribution in [1.29, 1.82) is 0 Å². The average Bonchev–Trinajstić information content (AvgIpc) is 2.39. The minimum atomic E-state index is 0.128. The molecule has 0 saturated heterocycles. The molecule has 2 rings (SSSR count). The summed E-state index contributed by atoms with van der Waals surface area (Å²) in [6.45, 7) is 2.01.